The molecule has 7 heteroatoms. The number of nitrogens with one attached hydrogen (secondary N) is 1. The van der Waals surface area contributed by atoms with Gasteiger partial charge in [-0.1, -0.05) is 12.1 Å². The van der Waals surface area contributed by atoms with Crippen molar-refractivity contribution in [1.82, 2.24) is 0 Å². The number of nitrogens with two attached hydrogens (primary N) is 1. The smallest absolute Gasteiger partial charge is 0.387 e. The van der Waals surface area contributed by atoms with Crippen LogP contribution in [0, 0.1) is 0 Å². The summed E-state index contributed by atoms with van der Waals surface area (Å²) >= 11 is 0. The second-order valence-corrected chi connectivity index (χ2v) is 3.32. The highest BCUT2D eigenvalue weighted by atomic mass is 19.3. The first kappa shape index (κ1) is 14.3. The number of anilines is 1. The van der Waals surface area contributed by atoms with E-state index in [1.807, 2.05) is 0 Å². The van der Waals surface area contributed by atoms with Gasteiger partial charge in [0.1, 0.15) is 11.9 Å². The van der Waals surface area contributed by atoms with Gasteiger partial charge in [-0.3, -0.25) is 4.79 Å². The summed E-state index contributed by atoms with van der Waals surface area (Å²) in [5, 5.41) is 2.42. The molecule has 0 spiro atoms. The summed E-state index contributed by atoms with van der Waals surface area (Å²) < 4.78 is 33.4. The van der Waals surface area contributed by atoms with Crippen molar-refractivity contribution in [1.29, 1.82) is 0 Å². The number of carbonyl (C=O) groups excluding carboxylic acids is 1. The van der Waals surface area contributed by atoms with Crippen LogP contribution < -0.4 is 15.8 Å². The summed E-state index contributed by atoms with van der Waals surface area (Å²) in [5.74, 6) is -0.641. The highest BCUT2D eigenvalue weighted by Gasteiger charge is 2.18. The summed E-state index contributed by atoms with van der Waals surface area (Å²) in [4.78, 5) is 11.7. The van der Waals surface area contributed by atoms with Crippen LogP contribution in [0.5, 0.6) is 5.75 Å². The van der Waals surface area contributed by atoms with Crippen LogP contribution >= 0.6 is 0 Å². The van der Waals surface area contributed by atoms with E-state index in [2.05, 4.69) is 10.1 Å². The molecule has 0 saturated carbocycles. The minimum atomic E-state index is -2.96. The lowest BCUT2D eigenvalue weighted by atomic mass is 10.2. The first-order valence-corrected chi connectivity index (χ1v) is 5.16. The number of alkyl halides is 2. The Kier molecular flexibility index (Phi) is 5.47. The zero-order chi connectivity index (χ0) is 13.5. The summed E-state index contributed by atoms with van der Waals surface area (Å²) in [6.45, 7) is -2.98. The first-order chi connectivity index (χ1) is 8.58. The lowest BCUT2D eigenvalue weighted by Gasteiger charge is -2.15. The number of carbonyl (C=O) groups is 1. The van der Waals surface area contributed by atoms with E-state index in [4.69, 9.17) is 10.5 Å². The fourth-order valence-electron chi connectivity index (χ4n) is 1.29. The van der Waals surface area contributed by atoms with Gasteiger partial charge in [-0.2, -0.15) is 8.78 Å². The predicted molar refractivity (Wildman–Crippen MR) is 61.6 cm³/mol. The van der Waals surface area contributed by atoms with Gasteiger partial charge in [0, 0.05) is 13.7 Å². The molecule has 1 unspecified atom stereocenters. The number of amides is 1. The number of rotatable bonds is 6. The van der Waals surface area contributed by atoms with Gasteiger partial charge in [0.25, 0.3) is 5.91 Å². The van der Waals surface area contributed by atoms with E-state index in [-0.39, 0.29) is 18.0 Å². The summed E-state index contributed by atoms with van der Waals surface area (Å²) in [5.41, 5.74) is 5.46. The normalized spacial score (nSPS) is 12.3. The molecule has 100 valence electrons. The zero-order valence-corrected chi connectivity index (χ0v) is 9.73. The monoisotopic (exact) mass is 260 g/mol. The van der Waals surface area contributed by atoms with Crippen molar-refractivity contribution >= 4 is 11.6 Å². The number of para-hydroxylation sites is 2. The number of hydrogen-bond donors (Lipinski definition) is 2. The Morgan fingerprint density at radius 1 is 1.44 bits per heavy atom. The molecule has 0 aliphatic rings. The molecule has 5 nitrogen and oxygen atoms in total. The van der Waals surface area contributed by atoms with E-state index in [9.17, 15) is 13.6 Å². The molecule has 0 heterocycles. The van der Waals surface area contributed by atoms with Gasteiger partial charge in [-0.25, -0.2) is 0 Å². The van der Waals surface area contributed by atoms with Crippen molar-refractivity contribution in [3.8, 4) is 5.75 Å². The molecule has 0 aromatic heterocycles. The molecule has 0 aliphatic carbocycles. The van der Waals surface area contributed by atoms with Crippen molar-refractivity contribution in [2.45, 2.75) is 12.7 Å². The van der Waals surface area contributed by atoms with E-state index in [1.54, 1.807) is 6.07 Å². The van der Waals surface area contributed by atoms with Gasteiger partial charge in [0.05, 0.1) is 5.69 Å². The molecule has 18 heavy (non-hydrogen) atoms. The first-order valence-electron chi connectivity index (χ1n) is 5.16. The number of methoxy groups -OCH3 is 1. The largest absolute Gasteiger partial charge is 0.433 e. The van der Waals surface area contributed by atoms with E-state index < -0.39 is 18.6 Å². The fourth-order valence-corrected chi connectivity index (χ4v) is 1.29. The Labute approximate surface area is 103 Å². The van der Waals surface area contributed by atoms with E-state index in [0.717, 1.165) is 0 Å². The van der Waals surface area contributed by atoms with Gasteiger partial charge in [0.15, 0.2) is 0 Å². The van der Waals surface area contributed by atoms with Gasteiger partial charge in [0.2, 0.25) is 0 Å². The Hall–Kier alpha value is -1.73. The Balaban J connectivity index is 2.80. The third-order valence-electron chi connectivity index (χ3n) is 2.15. The number of hydrogen-bond acceptors (Lipinski definition) is 4. The van der Waals surface area contributed by atoms with Crippen molar-refractivity contribution in [2.75, 3.05) is 19.0 Å². The molecular formula is C11H14F2N2O3. The van der Waals surface area contributed by atoms with E-state index in [1.165, 1.54) is 25.3 Å². The third kappa shape index (κ3) is 3.94. The van der Waals surface area contributed by atoms with Crippen molar-refractivity contribution in [2.24, 2.45) is 5.73 Å². The number of halogens is 2. The molecule has 0 fully saturated rings. The molecule has 0 aliphatic heterocycles. The molecular weight excluding hydrogens is 246 g/mol. The zero-order valence-electron chi connectivity index (χ0n) is 9.73. The Morgan fingerprint density at radius 2 is 2.11 bits per heavy atom. The number of ether oxygens (including phenoxy) is 2. The molecule has 3 N–H and O–H groups in total. The highest BCUT2D eigenvalue weighted by Crippen LogP contribution is 2.25. The van der Waals surface area contributed by atoms with Crippen LogP contribution in [0.3, 0.4) is 0 Å². The second kappa shape index (κ2) is 6.87. The molecule has 0 saturated heterocycles. The van der Waals surface area contributed by atoms with Crippen LogP contribution in [-0.2, 0) is 9.53 Å². The number of benzene rings is 1. The molecule has 1 atom stereocenters. The van der Waals surface area contributed by atoms with Crippen molar-refractivity contribution in [3.63, 3.8) is 0 Å². The Morgan fingerprint density at radius 3 is 2.67 bits per heavy atom. The molecule has 1 amide bonds. The van der Waals surface area contributed by atoms with E-state index >= 15 is 0 Å². The Bertz CT molecular complexity index is 398. The quantitative estimate of drug-likeness (QED) is 0.806. The van der Waals surface area contributed by atoms with Gasteiger partial charge in [-0.05, 0) is 12.1 Å². The minimum absolute atomic E-state index is 0.0137. The minimum Gasteiger partial charge on any atom is -0.433 e. The average Bonchev–Trinajstić information content (AvgIpc) is 2.32. The third-order valence-corrected chi connectivity index (χ3v) is 2.15. The van der Waals surface area contributed by atoms with Gasteiger partial charge >= 0.3 is 6.61 Å². The predicted octanol–water partition coefficient (Wildman–Crippen LogP) is 1.20. The fraction of sp³-hybridized carbons (Fsp3) is 0.364. The van der Waals surface area contributed by atoms with Gasteiger partial charge in [-0.15, -0.1) is 0 Å². The summed E-state index contributed by atoms with van der Waals surface area (Å²) in [7, 11) is 1.33. The van der Waals surface area contributed by atoms with Gasteiger partial charge < -0.3 is 20.5 Å². The molecule has 0 bridgehead atoms. The van der Waals surface area contributed by atoms with Crippen LogP contribution in [0.2, 0.25) is 0 Å². The van der Waals surface area contributed by atoms with Crippen LogP contribution in [0.1, 0.15) is 0 Å². The van der Waals surface area contributed by atoms with Crippen LogP contribution in [0.15, 0.2) is 24.3 Å². The lowest BCUT2D eigenvalue weighted by Crippen LogP contribution is -2.36. The van der Waals surface area contributed by atoms with Crippen LogP contribution in [0.4, 0.5) is 14.5 Å². The lowest BCUT2D eigenvalue weighted by molar-refractivity contribution is -0.125. The SMILES string of the molecule is COC(CN)C(=O)Nc1ccccc1OC(F)F. The highest BCUT2D eigenvalue weighted by molar-refractivity contribution is 5.95. The molecule has 1 aromatic carbocycles. The average molecular weight is 260 g/mol. The van der Waals surface area contributed by atoms with Crippen LogP contribution in [0.25, 0.3) is 0 Å². The van der Waals surface area contributed by atoms with Crippen LogP contribution in [-0.4, -0.2) is 32.3 Å². The van der Waals surface area contributed by atoms with Crippen molar-refractivity contribution < 1.29 is 23.0 Å². The maximum absolute atomic E-state index is 12.1. The molecule has 1 rings (SSSR count). The van der Waals surface area contributed by atoms with E-state index in [0.29, 0.717) is 0 Å². The maximum Gasteiger partial charge on any atom is 0.387 e. The second-order valence-electron chi connectivity index (χ2n) is 3.32. The van der Waals surface area contributed by atoms with Crippen molar-refractivity contribution in [3.05, 3.63) is 24.3 Å². The maximum atomic E-state index is 12.1. The molecule has 0 radical (unpaired) electrons. The standard InChI is InChI=1S/C11H14F2N2O3/c1-17-9(6-14)10(16)15-7-4-2-3-5-8(7)18-11(12)13/h2-5,9,11H,6,14H2,1H3,(H,15,16). The summed E-state index contributed by atoms with van der Waals surface area (Å²) in [6, 6.07) is 5.87. The topological polar surface area (TPSA) is 73.6 Å². The summed E-state index contributed by atoms with van der Waals surface area (Å²) in [6.07, 6.45) is -0.843. The molecule has 1 aromatic rings.